The molecule has 0 saturated heterocycles. The Kier molecular flexibility index (Phi) is 6.04. The molecular formula is C23H17Cl2NO5. The summed E-state index contributed by atoms with van der Waals surface area (Å²) >= 11 is 12.3. The molecule has 158 valence electrons. The van der Waals surface area contributed by atoms with Crippen LogP contribution in [0.3, 0.4) is 0 Å². The number of benzene rings is 2. The minimum Gasteiger partial charge on any atom is -0.495 e. The molecule has 2 aromatic carbocycles. The molecule has 0 unspecified atom stereocenters. The van der Waals surface area contributed by atoms with Crippen LogP contribution in [0.2, 0.25) is 10.0 Å². The van der Waals surface area contributed by atoms with Crippen LogP contribution < -0.4 is 10.1 Å². The molecule has 0 atom stereocenters. The number of carbonyl (C=O) groups excluding carboxylic acids is 1. The molecule has 0 radical (unpaired) electrons. The Morgan fingerprint density at radius 2 is 1.84 bits per heavy atom. The molecular weight excluding hydrogens is 441 g/mol. The van der Waals surface area contributed by atoms with Crippen molar-refractivity contribution in [1.29, 1.82) is 0 Å². The van der Waals surface area contributed by atoms with E-state index < -0.39 is 5.91 Å². The number of aliphatic hydroxyl groups is 1. The number of carbonyl (C=O) groups is 1. The number of halogens is 2. The van der Waals surface area contributed by atoms with Crippen LogP contribution in [-0.2, 0) is 6.61 Å². The molecule has 2 N–H and O–H groups in total. The maximum Gasteiger partial charge on any atom is 0.291 e. The monoisotopic (exact) mass is 457 g/mol. The molecule has 0 fully saturated rings. The zero-order valence-corrected chi connectivity index (χ0v) is 17.8. The summed E-state index contributed by atoms with van der Waals surface area (Å²) in [5, 5.41) is 12.7. The summed E-state index contributed by atoms with van der Waals surface area (Å²) in [6.07, 6.45) is 0. The normalized spacial score (nSPS) is 10.8. The van der Waals surface area contributed by atoms with Gasteiger partial charge in [-0.15, -0.1) is 0 Å². The second kappa shape index (κ2) is 8.89. The second-order valence-corrected chi connectivity index (χ2v) is 7.34. The Morgan fingerprint density at radius 3 is 2.58 bits per heavy atom. The van der Waals surface area contributed by atoms with Crippen LogP contribution in [0.25, 0.3) is 22.6 Å². The van der Waals surface area contributed by atoms with Crippen molar-refractivity contribution in [2.24, 2.45) is 0 Å². The first-order chi connectivity index (χ1) is 15.0. The van der Waals surface area contributed by atoms with Crippen molar-refractivity contribution < 1.29 is 23.5 Å². The molecule has 0 bridgehead atoms. The largest absolute Gasteiger partial charge is 0.495 e. The molecule has 2 heterocycles. The van der Waals surface area contributed by atoms with Crippen LogP contribution in [0.15, 0.2) is 69.5 Å². The van der Waals surface area contributed by atoms with Crippen molar-refractivity contribution in [3.05, 3.63) is 82.2 Å². The zero-order chi connectivity index (χ0) is 22.0. The Hall–Kier alpha value is -3.19. The van der Waals surface area contributed by atoms with Crippen LogP contribution in [-0.4, -0.2) is 18.1 Å². The summed E-state index contributed by atoms with van der Waals surface area (Å²) in [5.41, 5.74) is 1.73. The summed E-state index contributed by atoms with van der Waals surface area (Å²) in [6, 6.07) is 17.0. The Bertz CT molecular complexity index is 1240. The van der Waals surface area contributed by atoms with E-state index >= 15 is 0 Å². The number of hydrogen-bond acceptors (Lipinski definition) is 5. The Morgan fingerprint density at radius 1 is 1.03 bits per heavy atom. The van der Waals surface area contributed by atoms with Crippen LogP contribution >= 0.6 is 23.2 Å². The van der Waals surface area contributed by atoms with E-state index in [-0.39, 0.29) is 12.4 Å². The topological polar surface area (TPSA) is 84.8 Å². The zero-order valence-electron chi connectivity index (χ0n) is 16.3. The molecule has 6 nitrogen and oxygen atoms in total. The fourth-order valence-corrected chi connectivity index (χ4v) is 3.45. The van der Waals surface area contributed by atoms with Gasteiger partial charge in [0, 0.05) is 11.1 Å². The molecule has 31 heavy (non-hydrogen) atoms. The van der Waals surface area contributed by atoms with Crippen molar-refractivity contribution in [1.82, 2.24) is 0 Å². The summed E-state index contributed by atoms with van der Waals surface area (Å²) in [4.78, 5) is 12.8. The SMILES string of the molecule is COc1ccc(-c2ccc(CO)o2)cc1NC(=O)c1ccc(-c2cccc(Cl)c2Cl)o1. The van der Waals surface area contributed by atoms with Crippen LogP contribution in [0.4, 0.5) is 5.69 Å². The van der Waals surface area contributed by atoms with Crippen molar-refractivity contribution >= 4 is 34.8 Å². The van der Waals surface area contributed by atoms with Gasteiger partial charge in [-0.25, -0.2) is 0 Å². The number of rotatable bonds is 6. The van der Waals surface area contributed by atoms with Crippen LogP contribution in [0, 0.1) is 0 Å². The van der Waals surface area contributed by atoms with Gasteiger partial charge in [-0.1, -0.05) is 29.3 Å². The minimum absolute atomic E-state index is 0.0964. The number of nitrogens with one attached hydrogen (secondary N) is 1. The molecule has 8 heteroatoms. The number of methoxy groups -OCH3 is 1. The third kappa shape index (κ3) is 4.32. The lowest BCUT2D eigenvalue weighted by Gasteiger charge is -2.11. The number of furan rings is 2. The molecule has 0 spiro atoms. The lowest BCUT2D eigenvalue weighted by Crippen LogP contribution is -2.11. The van der Waals surface area contributed by atoms with Gasteiger partial charge in [-0.3, -0.25) is 4.79 Å². The molecule has 0 aliphatic carbocycles. The average Bonchev–Trinajstić information content (AvgIpc) is 3.45. The van der Waals surface area contributed by atoms with E-state index in [1.165, 1.54) is 7.11 Å². The van der Waals surface area contributed by atoms with E-state index in [0.29, 0.717) is 49.9 Å². The molecule has 2 aromatic heterocycles. The summed E-state index contributed by atoms with van der Waals surface area (Å²) in [6.45, 7) is -0.197. The molecule has 4 rings (SSSR count). The fraction of sp³-hybridized carbons (Fsp3) is 0.0870. The van der Waals surface area contributed by atoms with Gasteiger partial charge in [-0.05, 0) is 54.6 Å². The average molecular weight is 458 g/mol. The molecule has 1 amide bonds. The van der Waals surface area contributed by atoms with Gasteiger partial charge in [0.1, 0.15) is 29.6 Å². The van der Waals surface area contributed by atoms with E-state index in [0.717, 1.165) is 0 Å². The van der Waals surface area contributed by atoms with Crippen molar-refractivity contribution in [3.63, 3.8) is 0 Å². The summed E-state index contributed by atoms with van der Waals surface area (Å²) < 4.78 is 16.6. The highest BCUT2D eigenvalue weighted by atomic mass is 35.5. The fourth-order valence-electron chi connectivity index (χ4n) is 3.06. The predicted molar refractivity (Wildman–Crippen MR) is 119 cm³/mol. The smallest absolute Gasteiger partial charge is 0.291 e. The van der Waals surface area contributed by atoms with E-state index in [4.69, 9.17) is 36.8 Å². The van der Waals surface area contributed by atoms with Gasteiger partial charge in [-0.2, -0.15) is 0 Å². The maximum atomic E-state index is 12.8. The van der Waals surface area contributed by atoms with Gasteiger partial charge < -0.3 is 24.0 Å². The quantitative estimate of drug-likeness (QED) is 0.356. The Balaban J connectivity index is 1.60. The highest BCUT2D eigenvalue weighted by molar-refractivity contribution is 6.43. The van der Waals surface area contributed by atoms with Gasteiger partial charge in [0.15, 0.2) is 5.76 Å². The predicted octanol–water partition coefficient (Wildman–Crippen LogP) is 6.27. The molecule has 0 aliphatic heterocycles. The lowest BCUT2D eigenvalue weighted by molar-refractivity contribution is 0.0997. The third-order valence-corrected chi connectivity index (χ3v) is 5.42. The lowest BCUT2D eigenvalue weighted by atomic mass is 10.1. The van der Waals surface area contributed by atoms with Crippen LogP contribution in [0.1, 0.15) is 16.3 Å². The van der Waals surface area contributed by atoms with Gasteiger partial charge in [0.25, 0.3) is 5.91 Å². The maximum absolute atomic E-state index is 12.8. The van der Waals surface area contributed by atoms with E-state index in [1.807, 2.05) is 0 Å². The van der Waals surface area contributed by atoms with E-state index in [2.05, 4.69) is 5.32 Å². The van der Waals surface area contributed by atoms with E-state index in [9.17, 15) is 9.90 Å². The number of hydrogen-bond donors (Lipinski definition) is 2. The first kappa shape index (κ1) is 21.1. The number of amides is 1. The number of aliphatic hydroxyl groups excluding tert-OH is 1. The van der Waals surface area contributed by atoms with Crippen molar-refractivity contribution in [2.45, 2.75) is 6.61 Å². The number of anilines is 1. The van der Waals surface area contributed by atoms with Gasteiger partial charge in [0.05, 0.1) is 22.8 Å². The summed E-state index contributed by atoms with van der Waals surface area (Å²) in [5.74, 6) is 1.52. The minimum atomic E-state index is -0.463. The third-order valence-electron chi connectivity index (χ3n) is 4.60. The summed E-state index contributed by atoms with van der Waals surface area (Å²) in [7, 11) is 1.51. The standard InChI is InChI=1S/C23H17Cl2NO5/c1-29-20-7-5-13(18-8-6-14(12-27)30-18)11-17(20)26-23(28)21-10-9-19(31-21)15-3-2-4-16(24)22(15)25/h2-11,27H,12H2,1H3,(H,26,28). The molecule has 4 aromatic rings. The highest BCUT2D eigenvalue weighted by Crippen LogP contribution is 2.35. The van der Waals surface area contributed by atoms with Gasteiger partial charge in [0.2, 0.25) is 0 Å². The van der Waals surface area contributed by atoms with Crippen molar-refractivity contribution in [3.8, 4) is 28.4 Å². The van der Waals surface area contributed by atoms with Crippen molar-refractivity contribution in [2.75, 3.05) is 12.4 Å². The number of ether oxygens (including phenoxy) is 1. The Labute approximate surface area is 188 Å². The molecule has 0 aliphatic rings. The highest BCUT2D eigenvalue weighted by Gasteiger charge is 2.17. The first-order valence-electron chi connectivity index (χ1n) is 9.23. The van der Waals surface area contributed by atoms with E-state index in [1.54, 1.807) is 60.7 Å². The van der Waals surface area contributed by atoms with Crippen LogP contribution in [0.5, 0.6) is 5.75 Å². The second-order valence-electron chi connectivity index (χ2n) is 6.56. The molecule has 0 saturated carbocycles. The first-order valence-corrected chi connectivity index (χ1v) is 9.99. The van der Waals surface area contributed by atoms with Gasteiger partial charge >= 0.3 is 0 Å².